The Balaban J connectivity index is 1.79. The van der Waals surface area contributed by atoms with E-state index >= 15 is 0 Å². The van der Waals surface area contributed by atoms with E-state index in [0.29, 0.717) is 0 Å². The van der Waals surface area contributed by atoms with Crippen LogP contribution in [0.15, 0.2) is 36.4 Å². The number of rotatable bonds is 5. The van der Waals surface area contributed by atoms with Crippen molar-refractivity contribution in [3.05, 3.63) is 53.2 Å². The number of nitrogens with zero attached hydrogens (tertiary/aromatic N) is 2. The number of β-amino-alcohol motifs (C(OH)–C–C–N with tert-alkyl or cyclic N) is 1. The van der Waals surface area contributed by atoms with Gasteiger partial charge in [-0.1, -0.05) is 6.07 Å². The van der Waals surface area contributed by atoms with Crippen molar-refractivity contribution in [3.8, 4) is 11.6 Å². The molecule has 1 fully saturated rings. The molecule has 12 heteroatoms. The summed E-state index contributed by atoms with van der Waals surface area (Å²) in [4.78, 5) is 29.1. The second kappa shape index (κ2) is 10.1. The van der Waals surface area contributed by atoms with Crippen LogP contribution in [0.25, 0.3) is 0 Å². The fraction of sp³-hybridized carbons (Fsp3) is 0.435. The van der Waals surface area contributed by atoms with Crippen LogP contribution in [0, 0.1) is 0 Å². The Kier molecular flexibility index (Phi) is 7.53. The Morgan fingerprint density at radius 1 is 1.17 bits per heavy atom. The number of alkyl halides is 4. The molecule has 3 rings (SSSR count). The zero-order valence-corrected chi connectivity index (χ0v) is 19.2. The molecule has 8 nitrogen and oxygen atoms in total. The lowest BCUT2D eigenvalue weighted by molar-refractivity contribution is -0.141. The Morgan fingerprint density at radius 3 is 2.49 bits per heavy atom. The van der Waals surface area contributed by atoms with Gasteiger partial charge in [0.1, 0.15) is 30.3 Å². The monoisotopic (exact) mass is 499 g/mol. The van der Waals surface area contributed by atoms with Crippen LogP contribution < -0.4 is 10.1 Å². The zero-order valence-electron chi connectivity index (χ0n) is 19.2. The summed E-state index contributed by atoms with van der Waals surface area (Å²) in [6.45, 7) is 4.24. The Bertz CT molecular complexity index is 1080. The number of aromatic nitrogens is 1. The number of amides is 2. The molecule has 0 aliphatic carbocycles. The van der Waals surface area contributed by atoms with Crippen molar-refractivity contribution >= 4 is 12.0 Å². The summed E-state index contributed by atoms with van der Waals surface area (Å²) in [5.41, 5.74) is -1.77. The van der Waals surface area contributed by atoms with Crippen LogP contribution in [0.3, 0.4) is 0 Å². The van der Waals surface area contributed by atoms with Gasteiger partial charge in [0, 0.05) is 23.7 Å². The number of carbonyl (C=O) groups is 2. The summed E-state index contributed by atoms with van der Waals surface area (Å²) >= 11 is 0. The minimum absolute atomic E-state index is 0.0107. The van der Waals surface area contributed by atoms with Crippen molar-refractivity contribution in [2.75, 3.05) is 13.1 Å². The summed E-state index contributed by atoms with van der Waals surface area (Å²) < 4.78 is 64.2. The number of alkyl carbamates (subject to hydrolysis) is 1. The second-order valence-corrected chi connectivity index (χ2v) is 9.07. The van der Waals surface area contributed by atoms with E-state index in [1.807, 2.05) is 0 Å². The Labute approximate surface area is 198 Å². The quantitative estimate of drug-likeness (QED) is 0.602. The molecule has 1 aromatic carbocycles. The average Bonchev–Trinajstić information content (AvgIpc) is 3.08. The number of ether oxygens (including phenoxy) is 2. The van der Waals surface area contributed by atoms with Crippen LogP contribution in [0.5, 0.6) is 11.6 Å². The van der Waals surface area contributed by atoms with Gasteiger partial charge >= 0.3 is 12.3 Å². The van der Waals surface area contributed by atoms with E-state index in [2.05, 4.69) is 10.3 Å². The molecular formula is C23H25F4N3O5. The molecule has 190 valence electrons. The number of nitrogens with one attached hydrogen (secondary N) is 1. The fourth-order valence-corrected chi connectivity index (χ4v) is 3.24. The van der Waals surface area contributed by atoms with Crippen molar-refractivity contribution < 1.29 is 41.7 Å². The molecule has 0 bridgehead atoms. The average molecular weight is 499 g/mol. The highest BCUT2D eigenvalue weighted by Crippen LogP contribution is 2.32. The zero-order chi connectivity index (χ0) is 26.0. The Morgan fingerprint density at radius 2 is 1.89 bits per heavy atom. The van der Waals surface area contributed by atoms with Gasteiger partial charge in [-0.25, -0.2) is 14.2 Å². The SMILES string of the molecule is CC(C)(C)NC(=O)OCc1cc(Oc2cccc(C(=O)N3CC(O)C(F)C3)c2)nc(C(F)(F)F)c1. The fourth-order valence-electron chi connectivity index (χ4n) is 3.24. The molecule has 2 unspecified atom stereocenters. The van der Waals surface area contributed by atoms with Crippen LogP contribution >= 0.6 is 0 Å². The van der Waals surface area contributed by atoms with Gasteiger partial charge in [-0.2, -0.15) is 13.2 Å². The van der Waals surface area contributed by atoms with Gasteiger partial charge in [0.15, 0.2) is 0 Å². The van der Waals surface area contributed by atoms with Crippen LogP contribution in [-0.4, -0.2) is 57.9 Å². The first-order valence-electron chi connectivity index (χ1n) is 10.6. The van der Waals surface area contributed by atoms with Crippen molar-refractivity contribution in [2.24, 2.45) is 0 Å². The second-order valence-electron chi connectivity index (χ2n) is 9.07. The van der Waals surface area contributed by atoms with Crippen LogP contribution in [0.1, 0.15) is 42.4 Å². The van der Waals surface area contributed by atoms with Crippen molar-refractivity contribution in [1.82, 2.24) is 15.2 Å². The van der Waals surface area contributed by atoms with Gasteiger partial charge in [-0.05, 0) is 50.6 Å². The molecule has 2 N–H and O–H groups in total. The standard InChI is InChI=1S/C23H25F4N3O5/c1-22(2,3)29-21(33)34-12-13-7-18(23(25,26)27)28-19(8-13)35-15-6-4-5-14(9-15)20(32)30-10-16(24)17(31)11-30/h4-9,16-17,31H,10-12H2,1-3H3,(H,29,33). The first-order valence-corrected chi connectivity index (χ1v) is 10.6. The molecule has 1 aliphatic heterocycles. The van der Waals surface area contributed by atoms with E-state index in [4.69, 9.17) is 9.47 Å². The number of halogens is 4. The van der Waals surface area contributed by atoms with Gasteiger partial charge in [0.2, 0.25) is 5.88 Å². The van der Waals surface area contributed by atoms with Crippen LogP contribution in [0.2, 0.25) is 0 Å². The molecule has 0 saturated carbocycles. The maximum atomic E-state index is 13.6. The lowest BCUT2D eigenvalue weighted by Gasteiger charge is -2.20. The summed E-state index contributed by atoms with van der Waals surface area (Å²) in [7, 11) is 0. The van der Waals surface area contributed by atoms with E-state index in [-0.39, 0.29) is 30.0 Å². The number of benzene rings is 1. The van der Waals surface area contributed by atoms with Crippen molar-refractivity contribution in [3.63, 3.8) is 0 Å². The van der Waals surface area contributed by atoms with E-state index in [9.17, 15) is 32.3 Å². The normalized spacial score (nSPS) is 18.3. The topological polar surface area (TPSA) is 101 Å². The van der Waals surface area contributed by atoms with E-state index in [0.717, 1.165) is 11.0 Å². The number of hydrogen-bond donors (Lipinski definition) is 2. The lowest BCUT2D eigenvalue weighted by atomic mass is 10.1. The predicted octanol–water partition coefficient (Wildman–Crippen LogP) is 4.07. The number of carbonyl (C=O) groups excluding carboxylic acids is 2. The van der Waals surface area contributed by atoms with Gasteiger partial charge < -0.3 is 24.8 Å². The van der Waals surface area contributed by atoms with Crippen molar-refractivity contribution in [1.29, 1.82) is 0 Å². The molecule has 35 heavy (non-hydrogen) atoms. The van der Waals surface area contributed by atoms with Gasteiger partial charge in [0.05, 0.1) is 6.54 Å². The number of aliphatic hydroxyl groups is 1. The molecule has 2 aromatic rings. The molecule has 1 saturated heterocycles. The maximum Gasteiger partial charge on any atom is 0.433 e. The largest absolute Gasteiger partial charge is 0.445 e. The third kappa shape index (κ3) is 7.28. The van der Waals surface area contributed by atoms with E-state index < -0.39 is 54.2 Å². The van der Waals surface area contributed by atoms with Crippen LogP contribution in [-0.2, 0) is 17.5 Å². The van der Waals surface area contributed by atoms with Crippen molar-refractivity contribution in [2.45, 2.75) is 51.4 Å². The van der Waals surface area contributed by atoms with E-state index in [1.165, 1.54) is 30.3 Å². The summed E-state index contributed by atoms with van der Waals surface area (Å²) in [5, 5.41) is 12.1. The molecular weight excluding hydrogens is 474 g/mol. The lowest BCUT2D eigenvalue weighted by Crippen LogP contribution is -2.40. The minimum atomic E-state index is -4.79. The number of hydrogen-bond acceptors (Lipinski definition) is 6. The van der Waals surface area contributed by atoms with Gasteiger partial charge in [-0.15, -0.1) is 0 Å². The molecule has 2 heterocycles. The third-order valence-corrected chi connectivity index (χ3v) is 4.81. The first kappa shape index (κ1) is 26.2. The number of likely N-dealkylation sites (tertiary alicyclic amines) is 1. The maximum absolute atomic E-state index is 13.6. The molecule has 1 aliphatic rings. The van der Waals surface area contributed by atoms with Crippen LogP contribution in [0.4, 0.5) is 22.4 Å². The molecule has 0 spiro atoms. The predicted molar refractivity (Wildman–Crippen MR) is 116 cm³/mol. The summed E-state index contributed by atoms with van der Waals surface area (Å²) in [6.07, 6.45) is -8.43. The van der Waals surface area contributed by atoms with E-state index in [1.54, 1.807) is 20.8 Å². The number of aliphatic hydroxyl groups excluding tert-OH is 1. The number of pyridine rings is 1. The first-order chi connectivity index (χ1) is 16.2. The third-order valence-electron chi connectivity index (χ3n) is 4.81. The molecule has 1 aromatic heterocycles. The molecule has 2 amide bonds. The van der Waals surface area contributed by atoms with Gasteiger partial charge in [-0.3, -0.25) is 4.79 Å². The Hall–Kier alpha value is -3.41. The highest BCUT2D eigenvalue weighted by atomic mass is 19.4. The highest BCUT2D eigenvalue weighted by molar-refractivity contribution is 5.94. The van der Waals surface area contributed by atoms with Gasteiger partial charge in [0.25, 0.3) is 5.91 Å². The summed E-state index contributed by atoms with van der Waals surface area (Å²) in [6, 6.07) is 7.47. The molecule has 2 atom stereocenters. The smallest absolute Gasteiger partial charge is 0.433 e. The molecule has 0 radical (unpaired) electrons. The highest BCUT2D eigenvalue weighted by Gasteiger charge is 2.35. The summed E-state index contributed by atoms with van der Waals surface area (Å²) in [5.74, 6) is -0.984. The minimum Gasteiger partial charge on any atom is -0.445 e.